The zero-order chi connectivity index (χ0) is 28.9. The van der Waals surface area contributed by atoms with E-state index in [9.17, 15) is 21.6 Å². The van der Waals surface area contributed by atoms with Gasteiger partial charge >= 0.3 is 0 Å². The number of aryl methyl sites for hydroxylation is 1. The molecule has 8 nitrogen and oxygen atoms in total. The first-order chi connectivity index (χ1) is 19.7. The Hall–Kier alpha value is -3.73. The van der Waals surface area contributed by atoms with E-state index in [0.717, 1.165) is 16.3 Å². The number of carbonyl (C=O) groups is 1. The Bertz CT molecular complexity index is 1720. The van der Waals surface area contributed by atoms with Gasteiger partial charge in [-0.2, -0.15) is 0 Å². The number of piperidine rings is 1. The molecule has 5 rings (SSSR count). The molecule has 0 bridgehead atoms. The number of amides is 1. The fraction of sp³-hybridized carbons (Fsp3) is 0.258. The van der Waals surface area contributed by atoms with Gasteiger partial charge in [0.2, 0.25) is 15.9 Å². The molecule has 0 aromatic heterocycles. The first-order valence-corrected chi connectivity index (χ1v) is 16.7. The number of carbonyl (C=O) groups excluding carboxylic acids is 1. The van der Waals surface area contributed by atoms with Gasteiger partial charge in [-0.05, 0) is 67.0 Å². The molecule has 1 atom stereocenters. The van der Waals surface area contributed by atoms with Crippen LogP contribution >= 0.6 is 0 Å². The molecule has 2 N–H and O–H groups in total. The number of rotatable bonds is 10. The van der Waals surface area contributed by atoms with E-state index in [2.05, 4.69) is 10.0 Å². The second-order valence-electron chi connectivity index (χ2n) is 10.2. The molecule has 1 saturated heterocycles. The quantitative estimate of drug-likeness (QED) is 0.262. The Kier molecular flexibility index (Phi) is 8.72. The number of nitrogens with one attached hydrogen (secondary N) is 2. The fourth-order valence-electron chi connectivity index (χ4n) is 5.12. The maximum Gasteiger partial charge on any atom is 0.261 e. The number of fused-ring (bicyclic) bond motifs is 1. The van der Waals surface area contributed by atoms with E-state index in [1.807, 2.05) is 60.7 Å². The van der Waals surface area contributed by atoms with Crippen molar-refractivity contribution in [2.75, 3.05) is 28.9 Å². The van der Waals surface area contributed by atoms with Gasteiger partial charge in [-0.1, -0.05) is 66.7 Å². The average Bonchev–Trinajstić information content (AvgIpc) is 2.98. The van der Waals surface area contributed by atoms with Gasteiger partial charge in [0.1, 0.15) is 0 Å². The standard InChI is InChI=1S/C31H33N3O5S2/c35-31(26-14-7-21-34(23-26)40(36,37)22-8-11-24-9-2-1-3-10-24)32-27-17-19-28(20-18-27)41(38,39)33-30-16-6-13-25-12-4-5-15-29(25)30/h1-6,9-10,12-13,15-20,26,33H,7-8,11,14,21-23H2,(H,32,35). The van der Waals surface area contributed by atoms with Crippen molar-refractivity contribution < 1.29 is 21.6 Å². The molecule has 41 heavy (non-hydrogen) atoms. The highest BCUT2D eigenvalue weighted by molar-refractivity contribution is 7.92. The largest absolute Gasteiger partial charge is 0.326 e. The first kappa shape index (κ1) is 28.8. The summed E-state index contributed by atoms with van der Waals surface area (Å²) in [6, 6.07) is 28.7. The topological polar surface area (TPSA) is 113 Å². The molecule has 1 heterocycles. The number of benzene rings is 4. The third kappa shape index (κ3) is 7.13. The molecule has 214 valence electrons. The highest BCUT2D eigenvalue weighted by Gasteiger charge is 2.32. The van der Waals surface area contributed by atoms with E-state index in [4.69, 9.17) is 0 Å². The smallest absolute Gasteiger partial charge is 0.261 e. The minimum atomic E-state index is -3.86. The van der Waals surface area contributed by atoms with Crippen molar-refractivity contribution in [3.8, 4) is 0 Å². The lowest BCUT2D eigenvalue weighted by atomic mass is 9.99. The molecule has 10 heteroatoms. The normalized spacial score (nSPS) is 16.3. The lowest BCUT2D eigenvalue weighted by Crippen LogP contribution is -2.44. The molecule has 1 aliphatic heterocycles. The van der Waals surface area contributed by atoms with Gasteiger partial charge in [0.05, 0.1) is 22.3 Å². The third-order valence-electron chi connectivity index (χ3n) is 7.32. The van der Waals surface area contributed by atoms with E-state index >= 15 is 0 Å². The van der Waals surface area contributed by atoms with Gasteiger partial charge < -0.3 is 5.32 Å². The van der Waals surface area contributed by atoms with Crippen LogP contribution in [-0.4, -0.2) is 45.9 Å². The SMILES string of the molecule is O=C(Nc1ccc(S(=O)(=O)Nc2cccc3ccccc23)cc1)C1CCCN(S(=O)(=O)CCCc2ccccc2)C1. The van der Waals surface area contributed by atoms with Crippen molar-refractivity contribution in [3.05, 3.63) is 103 Å². The average molecular weight is 592 g/mol. The Morgan fingerprint density at radius 3 is 2.32 bits per heavy atom. The molecule has 0 radical (unpaired) electrons. The van der Waals surface area contributed by atoms with E-state index in [0.29, 0.717) is 43.6 Å². The molecule has 1 amide bonds. The summed E-state index contributed by atoms with van der Waals surface area (Å²) in [5.74, 6) is -0.721. The van der Waals surface area contributed by atoms with E-state index in [1.165, 1.54) is 28.6 Å². The highest BCUT2D eigenvalue weighted by atomic mass is 32.2. The summed E-state index contributed by atoms with van der Waals surface area (Å²) in [5.41, 5.74) is 2.03. The zero-order valence-corrected chi connectivity index (χ0v) is 24.2. The molecular formula is C31H33N3O5S2. The Morgan fingerprint density at radius 1 is 0.829 bits per heavy atom. The molecule has 1 fully saturated rings. The second kappa shape index (κ2) is 12.4. The lowest BCUT2D eigenvalue weighted by Gasteiger charge is -2.31. The number of anilines is 2. The van der Waals surface area contributed by atoms with Crippen LogP contribution in [0.5, 0.6) is 0 Å². The van der Waals surface area contributed by atoms with Gasteiger partial charge in [0.25, 0.3) is 10.0 Å². The second-order valence-corrected chi connectivity index (χ2v) is 14.0. The van der Waals surface area contributed by atoms with Crippen LogP contribution in [0.25, 0.3) is 10.8 Å². The van der Waals surface area contributed by atoms with Gasteiger partial charge in [0.15, 0.2) is 0 Å². The monoisotopic (exact) mass is 591 g/mol. The number of hydrogen-bond acceptors (Lipinski definition) is 5. The Balaban J connectivity index is 1.18. The number of sulfonamides is 2. The van der Waals surface area contributed by atoms with Crippen LogP contribution in [0.3, 0.4) is 0 Å². The number of hydrogen-bond donors (Lipinski definition) is 2. The number of nitrogens with zero attached hydrogens (tertiary/aromatic N) is 1. The molecule has 4 aromatic rings. The van der Waals surface area contributed by atoms with Crippen LogP contribution in [0.2, 0.25) is 0 Å². The fourth-order valence-corrected chi connectivity index (χ4v) is 7.78. The summed E-state index contributed by atoms with van der Waals surface area (Å²) in [7, 11) is -7.33. The lowest BCUT2D eigenvalue weighted by molar-refractivity contribution is -0.120. The van der Waals surface area contributed by atoms with Crippen molar-refractivity contribution >= 4 is 48.1 Å². The van der Waals surface area contributed by atoms with Crippen LogP contribution < -0.4 is 10.0 Å². The Labute approximate surface area is 241 Å². The summed E-state index contributed by atoms with van der Waals surface area (Å²) in [5, 5.41) is 4.54. The van der Waals surface area contributed by atoms with Crippen molar-refractivity contribution in [2.24, 2.45) is 5.92 Å². The first-order valence-electron chi connectivity index (χ1n) is 13.6. The van der Waals surface area contributed by atoms with Gasteiger partial charge in [-0.15, -0.1) is 0 Å². The maximum absolute atomic E-state index is 13.1. The van der Waals surface area contributed by atoms with Crippen molar-refractivity contribution in [1.29, 1.82) is 0 Å². The van der Waals surface area contributed by atoms with Crippen LogP contribution in [0.4, 0.5) is 11.4 Å². The summed E-state index contributed by atoms with van der Waals surface area (Å²) in [4.78, 5) is 13.1. The molecular weight excluding hydrogens is 558 g/mol. The molecule has 0 aliphatic carbocycles. The predicted octanol–water partition coefficient (Wildman–Crippen LogP) is 5.25. The zero-order valence-electron chi connectivity index (χ0n) is 22.6. The van der Waals surface area contributed by atoms with Crippen molar-refractivity contribution in [3.63, 3.8) is 0 Å². The minimum Gasteiger partial charge on any atom is -0.326 e. The van der Waals surface area contributed by atoms with Crippen molar-refractivity contribution in [1.82, 2.24) is 4.31 Å². The Morgan fingerprint density at radius 2 is 1.54 bits per heavy atom. The van der Waals surface area contributed by atoms with E-state index < -0.39 is 26.0 Å². The summed E-state index contributed by atoms with van der Waals surface area (Å²) >= 11 is 0. The van der Waals surface area contributed by atoms with Crippen molar-refractivity contribution in [2.45, 2.75) is 30.6 Å². The summed E-state index contributed by atoms with van der Waals surface area (Å²) < 4.78 is 56.1. The maximum atomic E-state index is 13.1. The van der Waals surface area contributed by atoms with Gasteiger partial charge in [0, 0.05) is 24.2 Å². The van der Waals surface area contributed by atoms with E-state index in [1.54, 1.807) is 12.1 Å². The summed E-state index contributed by atoms with van der Waals surface area (Å²) in [6.45, 7) is 0.550. The molecule has 4 aromatic carbocycles. The predicted molar refractivity (Wildman–Crippen MR) is 163 cm³/mol. The van der Waals surface area contributed by atoms with Crippen LogP contribution in [0, 0.1) is 5.92 Å². The molecule has 0 spiro atoms. The molecule has 1 aliphatic rings. The van der Waals surface area contributed by atoms with Gasteiger partial charge in [-0.3, -0.25) is 9.52 Å². The third-order valence-corrected chi connectivity index (χ3v) is 10.6. The highest BCUT2D eigenvalue weighted by Crippen LogP contribution is 2.27. The van der Waals surface area contributed by atoms with E-state index in [-0.39, 0.29) is 23.1 Å². The van der Waals surface area contributed by atoms with Crippen LogP contribution in [-0.2, 0) is 31.3 Å². The van der Waals surface area contributed by atoms with Crippen LogP contribution in [0.15, 0.2) is 102 Å². The minimum absolute atomic E-state index is 0.0407. The molecule has 1 unspecified atom stereocenters. The summed E-state index contributed by atoms with van der Waals surface area (Å²) in [6.07, 6.45) is 2.39. The van der Waals surface area contributed by atoms with Crippen LogP contribution in [0.1, 0.15) is 24.8 Å². The van der Waals surface area contributed by atoms with Gasteiger partial charge in [-0.25, -0.2) is 21.1 Å². The molecule has 0 saturated carbocycles.